The molecule has 1 unspecified atom stereocenters. The minimum absolute atomic E-state index is 0.0531. The van der Waals surface area contributed by atoms with Crippen LogP contribution >= 0.6 is 0 Å². The molecule has 5 aromatic carbocycles. The van der Waals surface area contributed by atoms with Gasteiger partial charge >= 0.3 is 0 Å². The maximum absolute atomic E-state index is 4.97. The van der Waals surface area contributed by atoms with Crippen molar-refractivity contribution in [3.63, 3.8) is 0 Å². The molecule has 2 aromatic heterocycles. The number of benzene rings is 5. The van der Waals surface area contributed by atoms with Gasteiger partial charge in [0, 0.05) is 38.4 Å². The van der Waals surface area contributed by atoms with E-state index in [1.54, 1.807) is 0 Å². The molecule has 46 heavy (non-hydrogen) atoms. The van der Waals surface area contributed by atoms with Crippen LogP contribution in [0.3, 0.4) is 0 Å². The molecular weight excluding hydrogens is 560 g/mol. The van der Waals surface area contributed by atoms with Crippen LogP contribution in [0.4, 0.5) is 0 Å². The van der Waals surface area contributed by atoms with Crippen molar-refractivity contribution in [1.82, 2.24) is 19.5 Å². The van der Waals surface area contributed by atoms with Gasteiger partial charge in [0.25, 0.3) is 0 Å². The van der Waals surface area contributed by atoms with E-state index >= 15 is 0 Å². The van der Waals surface area contributed by atoms with Gasteiger partial charge in [0.05, 0.1) is 11.6 Å². The van der Waals surface area contributed by atoms with Gasteiger partial charge in [-0.1, -0.05) is 135 Å². The average Bonchev–Trinajstić information content (AvgIpc) is 3.56. The fourth-order valence-electron chi connectivity index (χ4n) is 7.45. The van der Waals surface area contributed by atoms with Gasteiger partial charge in [-0.25, -0.2) is 15.0 Å². The van der Waals surface area contributed by atoms with Crippen molar-refractivity contribution in [2.45, 2.75) is 31.7 Å². The molecule has 4 nitrogen and oxygen atoms in total. The first-order chi connectivity index (χ1) is 22.6. The van der Waals surface area contributed by atoms with Crippen LogP contribution in [-0.2, 0) is 5.41 Å². The highest BCUT2D eigenvalue weighted by molar-refractivity contribution is 6.10. The number of hydrogen-bond acceptors (Lipinski definition) is 3. The van der Waals surface area contributed by atoms with Crippen molar-refractivity contribution >= 4 is 27.4 Å². The quantitative estimate of drug-likeness (QED) is 0.204. The van der Waals surface area contributed by atoms with E-state index in [2.05, 4.69) is 97.3 Å². The third-order valence-corrected chi connectivity index (χ3v) is 9.78. The van der Waals surface area contributed by atoms with Crippen molar-refractivity contribution < 1.29 is 0 Å². The molecule has 4 heteroatoms. The summed E-state index contributed by atoms with van der Waals surface area (Å²) in [4.78, 5) is 14.8. The summed E-state index contributed by atoms with van der Waals surface area (Å²) in [7, 11) is 0. The van der Waals surface area contributed by atoms with Gasteiger partial charge in [-0.3, -0.25) is 0 Å². The van der Waals surface area contributed by atoms with Crippen molar-refractivity contribution in [2.75, 3.05) is 0 Å². The first kappa shape index (κ1) is 26.8. The number of rotatable bonds is 4. The number of aromatic nitrogens is 4. The van der Waals surface area contributed by atoms with Gasteiger partial charge in [0.1, 0.15) is 0 Å². The maximum atomic E-state index is 4.97. The van der Waals surface area contributed by atoms with Gasteiger partial charge in [-0.05, 0) is 46.9 Å². The van der Waals surface area contributed by atoms with Crippen LogP contribution in [-0.4, -0.2) is 19.5 Å². The molecule has 0 fully saturated rings. The van der Waals surface area contributed by atoms with Crippen LogP contribution in [0.2, 0.25) is 0 Å². The Hall–Kier alpha value is -5.61. The van der Waals surface area contributed by atoms with E-state index in [0.29, 0.717) is 17.5 Å². The summed E-state index contributed by atoms with van der Waals surface area (Å²) in [6, 6.07) is 43.1. The van der Waals surface area contributed by atoms with Crippen LogP contribution in [0.15, 0.2) is 140 Å². The van der Waals surface area contributed by atoms with Gasteiger partial charge in [0.2, 0.25) is 0 Å². The number of nitrogens with zero attached hydrogens (tertiary/aromatic N) is 4. The molecule has 220 valence electrons. The zero-order valence-corrected chi connectivity index (χ0v) is 25.9. The molecule has 7 aromatic rings. The molecule has 2 aliphatic carbocycles. The lowest BCUT2D eigenvalue weighted by Crippen LogP contribution is -2.15. The maximum Gasteiger partial charge on any atom is 0.164 e. The van der Waals surface area contributed by atoms with Crippen molar-refractivity contribution in [3.8, 4) is 33.9 Å². The Kier molecular flexibility index (Phi) is 5.94. The van der Waals surface area contributed by atoms with Crippen LogP contribution < -0.4 is 0 Å². The Bertz CT molecular complexity index is 2300. The lowest BCUT2D eigenvalue weighted by Gasteiger charge is -2.23. The average molecular weight is 593 g/mol. The van der Waals surface area contributed by atoms with Gasteiger partial charge in [0.15, 0.2) is 17.5 Å². The SMILES string of the molecule is CC1(C)c2ccccc2-c2cc3c4ccccc4n(C4C=CC(c5nc(-c6ccccc6)nc(-c6ccccc6)n5)=CC4)c3cc21. The second kappa shape index (κ2) is 10.2. The minimum atomic E-state index is -0.0531. The summed E-state index contributed by atoms with van der Waals surface area (Å²) in [5.74, 6) is 2.06. The molecule has 0 spiro atoms. The molecule has 0 amide bonds. The van der Waals surface area contributed by atoms with Gasteiger partial charge < -0.3 is 4.57 Å². The molecule has 2 heterocycles. The summed E-state index contributed by atoms with van der Waals surface area (Å²) in [5, 5.41) is 2.60. The van der Waals surface area contributed by atoms with E-state index in [-0.39, 0.29) is 11.5 Å². The summed E-state index contributed by atoms with van der Waals surface area (Å²) in [6.07, 6.45) is 7.65. The van der Waals surface area contributed by atoms with Crippen molar-refractivity contribution in [3.05, 3.63) is 157 Å². The van der Waals surface area contributed by atoms with E-state index in [1.165, 1.54) is 44.1 Å². The van der Waals surface area contributed by atoms with E-state index in [1.807, 2.05) is 60.7 Å². The smallest absolute Gasteiger partial charge is 0.164 e. The highest BCUT2D eigenvalue weighted by Crippen LogP contribution is 2.51. The van der Waals surface area contributed by atoms with Gasteiger partial charge in [-0.15, -0.1) is 0 Å². The highest BCUT2D eigenvalue weighted by Gasteiger charge is 2.36. The Labute approximate surface area is 268 Å². The fraction of sp³-hybridized carbons (Fsp3) is 0.119. The molecule has 0 N–H and O–H groups in total. The van der Waals surface area contributed by atoms with Gasteiger partial charge in [-0.2, -0.15) is 0 Å². The lowest BCUT2D eigenvalue weighted by molar-refractivity contribution is 0.643. The number of fused-ring (bicyclic) bond motifs is 6. The standard InChI is InChI=1S/C42H32N4/c1-42(2)35-19-11-9-17-31(35)33-25-34-32-18-10-12-20-37(32)46(38(34)26-36(33)42)30-23-21-29(22-24-30)41-44-39(27-13-5-3-6-14-27)43-40(45-41)28-15-7-4-8-16-28/h3-23,25-26,30H,24H2,1-2H3. The Balaban J connectivity index is 1.15. The molecule has 0 aliphatic heterocycles. The minimum Gasteiger partial charge on any atom is -0.333 e. The Morgan fingerprint density at radius 2 is 1.22 bits per heavy atom. The molecule has 0 radical (unpaired) electrons. The topological polar surface area (TPSA) is 43.6 Å². The van der Waals surface area contributed by atoms with E-state index in [0.717, 1.165) is 23.1 Å². The molecule has 0 bridgehead atoms. The summed E-state index contributed by atoms with van der Waals surface area (Å²) in [5.41, 5.74) is 11.0. The second-order valence-corrected chi connectivity index (χ2v) is 12.8. The zero-order chi connectivity index (χ0) is 30.8. The van der Waals surface area contributed by atoms with Crippen LogP contribution in [0.1, 0.15) is 43.3 Å². The molecule has 1 atom stereocenters. The van der Waals surface area contributed by atoms with E-state index < -0.39 is 0 Å². The van der Waals surface area contributed by atoms with E-state index in [4.69, 9.17) is 15.0 Å². The van der Waals surface area contributed by atoms with Crippen LogP contribution in [0, 0.1) is 0 Å². The zero-order valence-electron chi connectivity index (χ0n) is 25.9. The first-order valence-electron chi connectivity index (χ1n) is 16.0. The molecular formula is C42H32N4. The van der Waals surface area contributed by atoms with Crippen molar-refractivity contribution in [2.24, 2.45) is 0 Å². The largest absolute Gasteiger partial charge is 0.333 e. The predicted molar refractivity (Wildman–Crippen MR) is 188 cm³/mol. The molecule has 9 rings (SSSR count). The molecule has 0 saturated heterocycles. The first-order valence-corrected chi connectivity index (χ1v) is 16.0. The molecule has 0 saturated carbocycles. The third kappa shape index (κ3) is 4.10. The number of hydrogen-bond donors (Lipinski definition) is 0. The van der Waals surface area contributed by atoms with Crippen molar-refractivity contribution in [1.29, 1.82) is 0 Å². The van der Waals surface area contributed by atoms with Crippen LogP contribution in [0.25, 0.3) is 61.3 Å². The summed E-state index contributed by atoms with van der Waals surface area (Å²) >= 11 is 0. The summed E-state index contributed by atoms with van der Waals surface area (Å²) < 4.78 is 2.53. The Morgan fingerprint density at radius 3 is 1.91 bits per heavy atom. The lowest BCUT2D eigenvalue weighted by atomic mass is 9.82. The molecule has 2 aliphatic rings. The summed E-state index contributed by atoms with van der Waals surface area (Å²) in [6.45, 7) is 4.71. The van der Waals surface area contributed by atoms with E-state index in [9.17, 15) is 0 Å². The Morgan fingerprint density at radius 1 is 0.587 bits per heavy atom. The number of allylic oxidation sites excluding steroid dienone is 4. The normalized spacial score (nSPS) is 16.4. The monoisotopic (exact) mass is 592 g/mol. The highest BCUT2D eigenvalue weighted by atomic mass is 15.0. The fourth-order valence-corrected chi connectivity index (χ4v) is 7.45. The predicted octanol–water partition coefficient (Wildman–Crippen LogP) is 10.2. The van der Waals surface area contributed by atoms with Crippen LogP contribution in [0.5, 0.6) is 0 Å². The third-order valence-electron chi connectivity index (χ3n) is 9.78. The second-order valence-electron chi connectivity index (χ2n) is 12.8. The number of para-hydroxylation sites is 1.